The van der Waals surface area contributed by atoms with Crippen LogP contribution < -0.4 is 0 Å². The quantitative estimate of drug-likeness (QED) is 0.734. The molecular weight excluding hydrogens is 182 g/mol. The molecule has 0 atom stereocenters. The van der Waals surface area contributed by atoms with Gasteiger partial charge in [-0.15, -0.1) is 0 Å². The third-order valence-electron chi connectivity index (χ3n) is 2.41. The second-order valence-corrected chi connectivity index (χ2v) is 3.53. The van der Waals surface area contributed by atoms with Gasteiger partial charge in [0.1, 0.15) is 0 Å². The van der Waals surface area contributed by atoms with Crippen LogP contribution in [0.2, 0.25) is 0 Å². The third-order valence-corrected chi connectivity index (χ3v) is 2.41. The summed E-state index contributed by atoms with van der Waals surface area (Å²) in [6.07, 6.45) is 6.88. The minimum absolute atomic E-state index is 1.09. The van der Waals surface area contributed by atoms with E-state index in [1.807, 2.05) is 12.3 Å². The summed E-state index contributed by atoms with van der Waals surface area (Å²) in [5.74, 6) is 0. The van der Waals surface area contributed by atoms with Crippen LogP contribution in [0, 0.1) is 6.42 Å². The van der Waals surface area contributed by atoms with Crippen LogP contribution in [0.1, 0.15) is 23.6 Å². The molecule has 0 aliphatic heterocycles. The molecule has 0 amide bonds. The summed E-state index contributed by atoms with van der Waals surface area (Å²) in [6, 6.07) is 12.6. The Morgan fingerprint density at radius 1 is 1.07 bits per heavy atom. The van der Waals surface area contributed by atoms with Gasteiger partial charge in [-0.05, 0) is 29.2 Å². The van der Waals surface area contributed by atoms with E-state index in [9.17, 15) is 0 Å². The topological polar surface area (TPSA) is 12.9 Å². The van der Waals surface area contributed by atoms with E-state index in [0.29, 0.717) is 0 Å². The van der Waals surface area contributed by atoms with Crippen molar-refractivity contribution in [2.75, 3.05) is 0 Å². The molecule has 0 saturated carbocycles. The molecule has 1 nitrogen and oxygen atoms in total. The first-order chi connectivity index (χ1) is 7.38. The summed E-state index contributed by atoms with van der Waals surface area (Å²) in [4.78, 5) is 4.08. The van der Waals surface area contributed by atoms with Crippen LogP contribution in [0.25, 0.3) is 0 Å². The Morgan fingerprint density at radius 3 is 2.47 bits per heavy atom. The highest BCUT2D eigenvalue weighted by molar-refractivity contribution is 5.36. The largest absolute Gasteiger partial charge is 0.264 e. The van der Waals surface area contributed by atoms with Gasteiger partial charge in [0.05, 0.1) is 0 Å². The first-order valence-corrected chi connectivity index (χ1v) is 5.22. The van der Waals surface area contributed by atoms with Crippen LogP contribution in [0.4, 0.5) is 0 Å². The van der Waals surface area contributed by atoms with Crippen molar-refractivity contribution in [2.45, 2.75) is 13.3 Å². The summed E-state index contributed by atoms with van der Waals surface area (Å²) < 4.78 is 0. The number of benzene rings is 1. The zero-order valence-electron chi connectivity index (χ0n) is 8.85. The number of rotatable bonds is 3. The van der Waals surface area contributed by atoms with Gasteiger partial charge in [-0.1, -0.05) is 37.3 Å². The first kappa shape index (κ1) is 9.91. The Bertz CT molecular complexity index is 403. The van der Waals surface area contributed by atoms with Crippen molar-refractivity contribution in [3.63, 3.8) is 0 Å². The number of aryl methyl sites for hydroxylation is 1. The van der Waals surface area contributed by atoms with E-state index in [2.05, 4.69) is 48.7 Å². The Morgan fingerprint density at radius 2 is 1.87 bits per heavy atom. The van der Waals surface area contributed by atoms with Gasteiger partial charge in [0, 0.05) is 18.8 Å². The van der Waals surface area contributed by atoms with Crippen LogP contribution in [0.15, 0.2) is 48.8 Å². The van der Waals surface area contributed by atoms with Crippen LogP contribution in [-0.2, 0) is 6.42 Å². The standard InChI is InChI=1S/C14H14N/c1-2-12-5-7-13(8-6-12)10-14-4-3-9-15-11-14/h3-11H,2H2,1H3. The fraction of sp³-hybridized carbons (Fsp3) is 0.143. The highest BCUT2D eigenvalue weighted by Crippen LogP contribution is 2.12. The molecule has 1 aromatic heterocycles. The van der Waals surface area contributed by atoms with E-state index in [1.54, 1.807) is 6.20 Å². The number of hydrogen-bond donors (Lipinski definition) is 0. The SMILES string of the molecule is CCc1ccc([CH]c2cccnc2)cc1. The van der Waals surface area contributed by atoms with Crippen LogP contribution in [0.5, 0.6) is 0 Å². The Hall–Kier alpha value is -1.63. The molecule has 2 aromatic rings. The molecule has 1 heteroatoms. The molecule has 0 aliphatic carbocycles. The Labute approximate surface area is 90.8 Å². The van der Waals surface area contributed by atoms with Crippen molar-refractivity contribution < 1.29 is 0 Å². The fourth-order valence-electron chi connectivity index (χ4n) is 1.50. The molecule has 0 spiro atoms. The van der Waals surface area contributed by atoms with E-state index in [4.69, 9.17) is 0 Å². The van der Waals surface area contributed by atoms with E-state index < -0.39 is 0 Å². The molecule has 0 bridgehead atoms. The summed E-state index contributed by atoms with van der Waals surface area (Å²) in [5, 5.41) is 0. The third kappa shape index (κ3) is 2.66. The summed E-state index contributed by atoms with van der Waals surface area (Å²) in [5.41, 5.74) is 3.74. The highest BCUT2D eigenvalue weighted by atomic mass is 14.6. The maximum atomic E-state index is 4.08. The second-order valence-electron chi connectivity index (χ2n) is 3.53. The number of hydrogen-bond acceptors (Lipinski definition) is 1. The molecule has 1 aromatic carbocycles. The minimum atomic E-state index is 1.09. The van der Waals surface area contributed by atoms with E-state index >= 15 is 0 Å². The number of aromatic nitrogens is 1. The van der Waals surface area contributed by atoms with Gasteiger partial charge >= 0.3 is 0 Å². The lowest BCUT2D eigenvalue weighted by Crippen LogP contribution is -1.87. The molecule has 0 N–H and O–H groups in total. The van der Waals surface area contributed by atoms with Gasteiger partial charge in [0.2, 0.25) is 0 Å². The van der Waals surface area contributed by atoms with Crippen LogP contribution in [0.3, 0.4) is 0 Å². The predicted octanol–water partition coefficient (Wildman–Crippen LogP) is 3.24. The number of nitrogens with zero attached hydrogens (tertiary/aromatic N) is 1. The lowest BCUT2D eigenvalue weighted by atomic mass is 10.0. The van der Waals surface area contributed by atoms with Crippen molar-refractivity contribution in [3.8, 4) is 0 Å². The Balaban J connectivity index is 2.11. The summed E-state index contributed by atoms with van der Waals surface area (Å²) >= 11 is 0. The molecule has 0 saturated heterocycles. The van der Waals surface area contributed by atoms with Crippen molar-refractivity contribution in [1.82, 2.24) is 4.98 Å². The van der Waals surface area contributed by atoms with Crippen molar-refractivity contribution in [3.05, 3.63) is 71.9 Å². The van der Waals surface area contributed by atoms with E-state index in [1.165, 1.54) is 11.1 Å². The first-order valence-electron chi connectivity index (χ1n) is 5.22. The van der Waals surface area contributed by atoms with Gasteiger partial charge in [-0.2, -0.15) is 0 Å². The molecule has 0 aliphatic rings. The van der Waals surface area contributed by atoms with Gasteiger partial charge in [0.25, 0.3) is 0 Å². The predicted molar refractivity (Wildman–Crippen MR) is 62.6 cm³/mol. The normalized spacial score (nSPS) is 10.2. The molecule has 0 unspecified atom stereocenters. The average Bonchev–Trinajstić information content (AvgIpc) is 2.31. The average molecular weight is 196 g/mol. The van der Waals surface area contributed by atoms with Crippen LogP contribution in [-0.4, -0.2) is 4.98 Å². The maximum absolute atomic E-state index is 4.08. The second kappa shape index (κ2) is 4.74. The molecule has 1 heterocycles. The molecule has 2 rings (SSSR count). The lowest BCUT2D eigenvalue weighted by molar-refractivity contribution is 1.14. The van der Waals surface area contributed by atoms with Crippen molar-refractivity contribution in [1.29, 1.82) is 0 Å². The number of pyridine rings is 1. The van der Waals surface area contributed by atoms with Gasteiger partial charge in [0.15, 0.2) is 0 Å². The van der Waals surface area contributed by atoms with E-state index in [-0.39, 0.29) is 0 Å². The molecule has 15 heavy (non-hydrogen) atoms. The maximum Gasteiger partial charge on any atom is 0.0306 e. The lowest BCUT2D eigenvalue weighted by Gasteiger charge is -2.02. The fourth-order valence-corrected chi connectivity index (χ4v) is 1.50. The summed E-state index contributed by atoms with van der Waals surface area (Å²) in [7, 11) is 0. The van der Waals surface area contributed by atoms with E-state index in [0.717, 1.165) is 12.0 Å². The van der Waals surface area contributed by atoms with Crippen LogP contribution >= 0.6 is 0 Å². The minimum Gasteiger partial charge on any atom is -0.264 e. The zero-order valence-corrected chi connectivity index (χ0v) is 8.85. The van der Waals surface area contributed by atoms with Crippen molar-refractivity contribution in [2.24, 2.45) is 0 Å². The van der Waals surface area contributed by atoms with Gasteiger partial charge in [-0.3, -0.25) is 4.98 Å². The molecule has 0 fully saturated rings. The summed E-state index contributed by atoms with van der Waals surface area (Å²) in [6.45, 7) is 2.17. The zero-order chi connectivity index (χ0) is 10.5. The molecular formula is C14H14N. The van der Waals surface area contributed by atoms with Gasteiger partial charge < -0.3 is 0 Å². The monoisotopic (exact) mass is 196 g/mol. The molecule has 1 radical (unpaired) electrons. The highest BCUT2D eigenvalue weighted by Gasteiger charge is 1.96. The smallest absolute Gasteiger partial charge is 0.0306 e. The van der Waals surface area contributed by atoms with Gasteiger partial charge in [-0.25, -0.2) is 0 Å². The molecule has 75 valence electrons. The Kier molecular flexibility index (Phi) is 3.13. The van der Waals surface area contributed by atoms with Crippen molar-refractivity contribution >= 4 is 0 Å².